The van der Waals surface area contributed by atoms with E-state index in [2.05, 4.69) is 72.7 Å². The maximum Gasteiger partial charge on any atom is 0.123 e. The molecule has 0 aliphatic heterocycles. The average molecular weight is 324 g/mol. The Balaban J connectivity index is 3.08. The van der Waals surface area contributed by atoms with E-state index in [0.29, 0.717) is 5.75 Å². The number of nitrogens with zero attached hydrogens (tertiary/aromatic N) is 1. The summed E-state index contributed by atoms with van der Waals surface area (Å²) in [5, 5.41) is 10.7. The predicted octanol–water partition coefficient (Wildman–Crippen LogP) is 5.03. The van der Waals surface area contributed by atoms with E-state index in [1.165, 1.54) is 11.3 Å². The maximum atomic E-state index is 10.7. The molecule has 0 amide bonds. The number of hydrogen-bond acceptors (Lipinski definition) is 3. The van der Waals surface area contributed by atoms with Crippen LogP contribution in [0.2, 0.25) is 0 Å². The first kappa shape index (κ1) is 19.4. The van der Waals surface area contributed by atoms with Crippen molar-refractivity contribution in [2.45, 2.75) is 63.7 Å². The van der Waals surface area contributed by atoms with Gasteiger partial charge < -0.3 is 10.0 Å². The van der Waals surface area contributed by atoms with Gasteiger partial charge >= 0.3 is 0 Å². The smallest absolute Gasteiger partial charge is 0.123 e. The minimum Gasteiger partial charge on any atom is -0.507 e. The van der Waals surface area contributed by atoms with Crippen molar-refractivity contribution in [3.05, 3.63) is 23.3 Å². The molecule has 0 spiro atoms. The molecule has 0 aliphatic rings. The van der Waals surface area contributed by atoms with Gasteiger partial charge in [-0.3, -0.25) is 0 Å². The Morgan fingerprint density at radius 3 is 1.77 bits per heavy atom. The second kappa shape index (κ2) is 7.27. The Morgan fingerprint density at radius 1 is 0.955 bits per heavy atom. The van der Waals surface area contributed by atoms with Crippen molar-refractivity contribution in [1.82, 2.24) is 4.90 Å². The third-order valence-corrected chi connectivity index (χ3v) is 4.78. The van der Waals surface area contributed by atoms with E-state index in [1.807, 2.05) is 11.8 Å². The minimum atomic E-state index is -0.0513. The summed E-state index contributed by atoms with van der Waals surface area (Å²) in [6, 6.07) is 4.34. The first-order valence-corrected chi connectivity index (χ1v) is 9.07. The molecular weight excluding hydrogens is 290 g/mol. The van der Waals surface area contributed by atoms with Crippen LogP contribution < -0.4 is 0 Å². The fourth-order valence-electron chi connectivity index (χ4n) is 2.41. The van der Waals surface area contributed by atoms with Gasteiger partial charge in [0.15, 0.2) is 0 Å². The van der Waals surface area contributed by atoms with Crippen LogP contribution in [0.3, 0.4) is 0 Å². The molecule has 0 saturated carbocycles. The van der Waals surface area contributed by atoms with Crippen LogP contribution in [0.15, 0.2) is 17.0 Å². The van der Waals surface area contributed by atoms with Gasteiger partial charge in [0.2, 0.25) is 0 Å². The van der Waals surface area contributed by atoms with Crippen molar-refractivity contribution in [3.63, 3.8) is 0 Å². The molecule has 1 aromatic carbocycles. The summed E-state index contributed by atoms with van der Waals surface area (Å²) in [5.41, 5.74) is 2.00. The number of thioether (sulfide) groups is 1. The first-order valence-electron chi connectivity index (χ1n) is 8.08. The molecule has 1 N–H and O–H groups in total. The van der Waals surface area contributed by atoms with Gasteiger partial charge in [-0.05, 0) is 55.8 Å². The zero-order valence-electron chi connectivity index (χ0n) is 15.6. The Hall–Kier alpha value is -0.670. The van der Waals surface area contributed by atoms with Gasteiger partial charge in [0.1, 0.15) is 5.75 Å². The Labute approximate surface area is 141 Å². The molecule has 0 radical (unpaired) electrons. The normalized spacial score (nSPS) is 13.0. The van der Waals surface area contributed by atoms with Gasteiger partial charge in [-0.25, -0.2) is 0 Å². The standard InChI is InChI=1S/C19H33NOS/c1-18(2,3)15-12-14(22-11-9-10-20(7)8)13-16(17(15)21)19(4,5)6/h12-13,21H,9-11H2,1-8H3. The van der Waals surface area contributed by atoms with Gasteiger partial charge in [0, 0.05) is 16.0 Å². The van der Waals surface area contributed by atoms with Crippen LogP contribution in [0.5, 0.6) is 5.75 Å². The van der Waals surface area contributed by atoms with Crippen LogP contribution in [0.25, 0.3) is 0 Å². The Morgan fingerprint density at radius 2 is 1.41 bits per heavy atom. The lowest BCUT2D eigenvalue weighted by atomic mass is 9.79. The molecule has 1 aromatic rings. The highest BCUT2D eigenvalue weighted by Crippen LogP contribution is 2.41. The number of phenols is 1. The molecule has 0 saturated heterocycles. The second-order valence-corrected chi connectivity index (χ2v) is 9.54. The molecule has 0 heterocycles. The molecule has 22 heavy (non-hydrogen) atoms. The highest BCUT2D eigenvalue weighted by Gasteiger charge is 2.26. The van der Waals surface area contributed by atoms with E-state index in [1.54, 1.807) is 0 Å². The van der Waals surface area contributed by atoms with Crippen LogP contribution in [0, 0.1) is 0 Å². The van der Waals surface area contributed by atoms with E-state index in [0.717, 1.165) is 23.4 Å². The molecule has 1 rings (SSSR count). The fourth-order valence-corrected chi connectivity index (χ4v) is 3.32. The number of hydrogen-bond donors (Lipinski definition) is 1. The molecule has 0 aromatic heterocycles. The van der Waals surface area contributed by atoms with Gasteiger partial charge in [0.05, 0.1) is 0 Å². The van der Waals surface area contributed by atoms with E-state index in [-0.39, 0.29) is 10.8 Å². The summed E-state index contributed by atoms with van der Waals surface area (Å²) in [6.07, 6.45) is 1.17. The molecular formula is C19H33NOS. The van der Waals surface area contributed by atoms with E-state index in [9.17, 15) is 5.11 Å². The van der Waals surface area contributed by atoms with Crippen LogP contribution in [-0.2, 0) is 10.8 Å². The van der Waals surface area contributed by atoms with E-state index in [4.69, 9.17) is 0 Å². The highest BCUT2D eigenvalue weighted by atomic mass is 32.2. The van der Waals surface area contributed by atoms with E-state index >= 15 is 0 Å². The van der Waals surface area contributed by atoms with Crippen LogP contribution >= 0.6 is 11.8 Å². The highest BCUT2D eigenvalue weighted by molar-refractivity contribution is 7.99. The van der Waals surface area contributed by atoms with Crippen LogP contribution in [0.1, 0.15) is 59.1 Å². The monoisotopic (exact) mass is 323 g/mol. The number of aromatic hydroxyl groups is 1. The van der Waals surface area contributed by atoms with E-state index < -0.39 is 0 Å². The minimum absolute atomic E-state index is 0.0513. The lowest BCUT2D eigenvalue weighted by molar-refractivity contribution is 0.410. The summed E-state index contributed by atoms with van der Waals surface area (Å²) in [5.74, 6) is 1.58. The van der Waals surface area contributed by atoms with Crippen molar-refractivity contribution >= 4 is 11.8 Å². The zero-order chi connectivity index (χ0) is 17.1. The average Bonchev–Trinajstić information content (AvgIpc) is 2.33. The molecule has 0 bridgehead atoms. The molecule has 0 fully saturated rings. The Kier molecular flexibility index (Phi) is 6.40. The third-order valence-electron chi connectivity index (χ3n) is 3.72. The number of rotatable bonds is 5. The maximum absolute atomic E-state index is 10.7. The lowest BCUT2D eigenvalue weighted by Gasteiger charge is -2.28. The molecule has 2 nitrogen and oxygen atoms in total. The van der Waals surface area contributed by atoms with Crippen molar-refractivity contribution in [2.75, 3.05) is 26.4 Å². The molecule has 126 valence electrons. The topological polar surface area (TPSA) is 23.5 Å². The summed E-state index contributed by atoms with van der Waals surface area (Å²) in [6.45, 7) is 14.1. The predicted molar refractivity (Wildman–Crippen MR) is 99.4 cm³/mol. The molecule has 0 unspecified atom stereocenters. The second-order valence-electron chi connectivity index (χ2n) is 8.37. The molecule has 0 aliphatic carbocycles. The van der Waals surface area contributed by atoms with Crippen molar-refractivity contribution in [3.8, 4) is 5.75 Å². The van der Waals surface area contributed by atoms with Crippen LogP contribution in [0.4, 0.5) is 0 Å². The third kappa shape index (κ3) is 5.51. The summed E-state index contributed by atoms with van der Waals surface area (Å²) in [4.78, 5) is 3.49. The SMILES string of the molecule is CN(C)CCCSc1cc(C(C)(C)C)c(O)c(C(C)(C)C)c1. The van der Waals surface area contributed by atoms with Gasteiger partial charge in [-0.1, -0.05) is 41.5 Å². The summed E-state index contributed by atoms with van der Waals surface area (Å²) in [7, 11) is 4.22. The Bertz CT molecular complexity index is 460. The van der Waals surface area contributed by atoms with Crippen molar-refractivity contribution in [2.24, 2.45) is 0 Å². The van der Waals surface area contributed by atoms with Crippen LogP contribution in [-0.4, -0.2) is 36.4 Å². The fraction of sp³-hybridized carbons (Fsp3) is 0.684. The number of benzene rings is 1. The largest absolute Gasteiger partial charge is 0.507 e. The molecule has 3 heteroatoms. The van der Waals surface area contributed by atoms with Gasteiger partial charge in [0.25, 0.3) is 0 Å². The summed E-state index contributed by atoms with van der Waals surface area (Å²) >= 11 is 1.89. The van der Waals surface area contributed by atoms with Crippen molar-refractivity contribution < 1.29 is 5.11 Å². The lowest BCUT2D eigenvalue weighted by Crippen LogP contribution is -2.17. The molecule has 0 atom stereocenters. The summed E-state index contributed by atoms with van der Waals surface area (Å²) < 4.78 is 0. The van der Waals surface area contributed by atoms with Gasteiger partial charge in [-0.2, -0.15) is 0 Å². The first-order chi connectivity index (χ1) is 9.93. The quantitative estimate of drug-likeness (QED) is 0.607. The number of phenolic OH excluding ortho intramolecular Hbond substituents is 1. The zero-order valence-corrected chi connectivity index (χ0v) is 16.4. The van der Waals surface area contributed by atoms with Gasteiger partial charge in [-0.15, -0.1) is 11.8 Å². The van der Waals surface area contributed by atoms with Crippen molar-refractivity contribution in [1.29, 1.82) is 0 Å².